The van der Waals surface area contributed by atoms with Gasteiger partial charge in [-0.3, -0.25) is 0 Å². The number of hydrogen-bond acceptors (Lipinski definition) is 2. The molecule has 0 saturated heterocycles. The molecule has 9 rings (SSSR count). The highest BCUT2D eigenvalue weighted by molar-refractivity contribution is 7.27. The van der Waals surface area contributed by atoms with Crippen molar-refractivity contribution >= 4 is 64.1 Å². The first-order valence-electron chi connectivity index (χ1n) is 14.9. The molecule has 3 heteroatoms. The number of para-hydroxylation sites is 1. The molecule has 2 heterocycles. The van der Waals surface area contributed by atoms with Crippen molar-refractivity contribution in [3.05, 3.63) is 146 Å². The molecule has 208 valence electrons. The van der Waals surface area contributed by atoms with Crippen molar-refractivity contribution in [2.24, 2.45) is 0 Å². The van der Waals surface area contributed by atoms with Gasteiger partial charge in [0.25, 0.3) is 0 Å². The van der Waals surface area contributed by atoms with Gasteiger partial charge in [0.05, 0.1) is 18.1 Å². The van der Waals surface area contributed by atoms with Gasteiger partial charge < -0.3 is 9.30 Å². The lowest BCUT2D eigenvalue weighted by Gasteiger charge is -2.11. The Hall–Kier alpha value is -5.38. The molecule has 44 heavy (non-hydrogen) atoms. The summed E-state index contributed by atoms with van der Waals surface area (Å²) >= 11 is 1.91. The molecule has 0 unspecified atom stereocenters. The summed E-state index contributed by atoms with van der Waals surface area (Å²) in [5, 5.41) is 7.78. The molecule has 0 spiro atoms. The molecule has 7 aromatic carbocycles. The van der Waals surface area contributed by atoms with Crippen molar-refractivity contribution in [3.63, 3.8) is 0 Å². The Labute approximate surface area is 259 Å². The van der Waals surface area contributed by atoms with Gasteiger partial charge in [-0.05, 0) is 52.6 Å². The topological polar surface area (TPSA) is 14.2 Å². The Morgan fingerprint density at radius 2 is 1.18 bits per heavy atom. The second kappa shape index (κ2) is 9.84. The molecule has 0 atom stereocenters. The van der Waals surface area contributed by atoms with Crippen molar-refractivity contribution in [2.75, 3.05) is 7.11 Å². The Morgan fingerprint density at radius 1 is 0.500 bits per heavy atom. The number of methoxy groups -OCH3 is 1. The molecule has 0 bridgehead atoms. The molecule has 0 fully saturated rings. The van der Waals surface area contributed by atoms with Crippen molar-refractivity contribution in [3.8, 4) is 33.7 Å². The fourth-order valence-corrected chi connectivity index (χ4v) is 8.28. The van der Waals surface area contributed by atoms with Crippen LogP contribution in [-0.2, 0) is 0 Å². The summed E-state index contributed by atoms with van der Waals surface area (Å²) in [4.78, 5) is 0. The van der Waals surface area contributed by atoms with Crippen LogP contribution < -0.4 is 4.74 Å². The highest BCUT2D eigenvalue weighted by Crippen LogP contribution is 2.50. The summed E-state index contributed by atoms with van der Waals surface area (Å²) in [6.45, 7) is 0. The van der Waals surface area contributed by atoms with E-state index in [9.17, 15) is 0 Å². The molecule has 0 saturated carbocycles. The molecule has 0 amide bonds. The van der Waals surface area contributed by atoms with Crippen molar-refractivity contribution < 1.29 is 4.74 Å². The Bertz CT molecular complexity index is 2510. The number of hydrogen-bond donors (Lipinski definition) is 0. The third-order valence-corrected chi connectivity index (χ3v) is 10.2. The van der Waals surface area contributed by atoms with E-state index in [2.05, 4.69) is 138 Å². The quantitative estimate of drug-likeness (QED) is 0.202. The molecule has 0 N–H and O–H groups in total. The third-order valence-electron chi connectivity index (χ3n) is 8.88. The number of thiophene rings is 1. The number of nitrogens with zero attached hydrogens (tertiary/aromatic N) is 1. The first-order chi connectivity index (χ1) is 21.8. The van der Waals surface area contributed by atoms with E-state index in [0.717, 1.165) is 5.75 Å². The molecule has 0 radical (unpaired) electrons. The van der Waals surface area contributed by atoms with Gasteiger partial charge in [0.15, 0.2) is 0 Å². The maximum Gasteiger partial charge on any atom is 0.118 e. The van der Waals surface area contributed by atoms with Crippen LogP contribution >= 0.6 is 11.3 Å². The maximum absolute atomic E-state index is 5.45. The van der Waals surface area contributed by atoms with Gasteiger partial charge in [0.1, 0.15) is 5.75 Å². The van der Waals surface area contributed by atoms with Crippen molar-refractivity contribution in [2.45, 2.75) is 0 Å². The van der Waals surface area contributed by atoms with Gasteiger partial charge in [-0.1, -0.05) is 115 Å². The molecule has 0 aliphatic heterocycles. The van der Waals surface area contributed by atoms with E-state index >= 15 is 0 Å². The lowest BCUT2D eigenvalue weighted by Crippen LogP contribution is -1.94. The molecule has 0 aliphatic rings. The largest absolute Gasteiger partial charge is 0.497 e. The first kappa shape index (κ1) is 25.1. The van der Waals surface area contributed by atoms with Crippen LogP contribution in [0.5, 0.6) is 5.75 Å². The lowest BCUT2D eigenvalue weighted by molar-refractivity contribution is 0.415. The van der Waals surface area contributed by atoms with Gasteiger partial charge in [0, 0.05) is 47.4 Å². The summed E-state index contributed by atoms with van der Waals surface area (Å²) in [5.74, 6) is 0.869. The number of rotatable bonds is 4. The third kappa shape index (κ3) is 3.66. The van der Waals surface area contributed by atoms with Gasteiger partial charge in [-0.2, -0.15) is 0 Å². The van der Waals surface area contributed by atoms with E-state index in [1.54, 1.807) is 7.11 Å². The fourth-order valence-electron chi connectivity index (χ4n) is 6.89. The number of aromatic nitrogens is 1. The summed E-state index contributed by atoms with van der Waals surface area (Å²) in [6.07, 6.45) is 0. The van der Waals surface area contributed by atoms with Crippen molar-refractivity contribution in [1.82, 2.24) is 4.57 Å². The van der Waals surface area contributed by atoms with Crippen LogP contribution in [0.2, 0.25) is 0 Å². The highest BCUT2D eigenvalue weighted by Gasteiger charge is 2.23. The lowest BCUT2D eigenvalue weighted by atomic mass is 9.97. The average molecular weight is 582 g/mol. The SMILES string of the molecule is COc1ccc(-c2cccc3c2sc2c4ccccc4c4c(c5ccc(-c6ccccc6)cc5n4-c4ccccc4)c32)cc1. The number of ether oxygens (including phenoxy) is 1. The Morgan fingerprint density at radius 3 is 1.95 bits per heavy atom. The minimum Gasteiger partial charge on any atom is -0.497 e. The monoisotopic (exact) mass is 581 g/mol. The Balaban J connectivity index is 1.48. The van der Waals surface area contributed by atoms with E-state index in [0.29, 0.717) is 0 Å². The van der Waals surface area contributed by atoms with E-state index in [1.807, 2.05) is 23.5 Å². The molecule has 2 nitrogen and oxygen atoms in total. The maximum atomic E-state index is 5.45. The van der Waals surface area contributed by atoms with Gasteiger partial charge in [0.2, 0.25) is 0 Å². The number of fused-ring (bicyclic) bond motifs is 10. The van der Waals surface area contributed by atoms with Gasteiger partial charge >= 0.3 is 0 Å². The zero-order chi connectivity index (χ0) is 29.2. The standard InChI is InChI=1S/C41H27NOS/c1-43-30-22-19-27(20-23-30)31-17-10-18-35-38-37-34-24-21-28(26-11-4-2-5-12-26)25-36(34)42(29-13-6-3-7-14-29)39(37)32-15-8-9-16-33(32)41(38)44-40(31)35/h2-25H,1H3. The smallest absolute Gasteiger partial charge is 0.118 e. The van der Waals surface area contributed by atoms with Crippen LogP contribution in [0.3, 0.4) is 0 Å². The molecular weight excluding hydrogens is 555 g/mol. The Kier molecular flexibility index (Phi) is 5.62. The van der Waals surface area contributed by atoms with Crippen LogP contribution in [0.4, 0.5) is 0 Å². The zero-order valence-corrected chi connectivity index (χ0v) is 24.9. The number of benzene rings is 7. The second-order valence-electron chi connectivity index (χ2n) is 11.3. The van der Waals surface area contributed by atoms with E-state index in [1.165, 1.54) is 80.7 Å². The van der Waals surface area contributed by atoms with Crippen LogP contribution in [0, 0.1) is 0 Å². The zero-order valence-electron chi connectivity index (χ0n) is 24.1. The summed E-state index contributed by atoms with van der Waals surface area (Å²) in [6, 6.07) is 52.6. The molecular formula is C41H27NOS. The minimum absolute atomic E-state index is 0.869. The van der Waals surface area contributed by atoms with Crippen LogP contribution in [-0.4, -0.2) is 11.7 Å². The van der Waals surface area contributed by atoms with E-state index in [-0.39, 0.29) is 0 Å². The van der Waals surface area contributed by atoms with Crippen molar-refractivity contribution in [1.29, 1.82) is 0 Å². The molecule has 2 aromatic heterocycles. The highest BCUT2D eigenvalue weighted by atomic mass is 32.1. The summed E-state index contributed by atoms with van der Waals surface area (Å²) in [7, 11) is 1.72. The summed E-state index contributed by atoms with van der Waals surface area (Å²) < 4.78 is 10.6. The summed E-state index contributed by atoms with van der Waals surface area (Å²) in [5.41, 5.74) is 8.53. The molecule has 9 aromatic rings. The van der Waals surface area contributed by atoms with Crippen LogP contribution in [0.1, 0.15) is 0 Å². The van der Waals surface area contributed by atoms with E-state index < -0.39 is 0 Å². The average Bonchev–Trinajstić information content (AvgIpc) is 3.65. The van der Waals surface area contributed by atoms with E-state index in [4.69, 9.17) is 4.74 Å². The minimum atomic E-state index is 0.869. The second-order valence-corrected chi connectivity index (χ2v) is 12.3. The predicted molar refractivity (Wildman–Crippen MR) is 189 cm³/mol. The fraction of sp³-hybridized carbons (Fsp3) is 0.0244. The van der Waals surface area contributed by atoms with Gasteiger partial charge in [-0.25, -0.2) is 0 Å². The normalized spacial score (nSPS) is 11.8. The first-order valence-corrected chi connectivity index (χ1v) is 15.7. The predicted octanol–water partition coefficient (Wildman–Crippen LogP) is 11.6. The van der Waals surface area contributed by atoms with Crippen LogP contribution in [0.15, 0.2) is 146 Å². The molecule has 0 aliphatic carbocycles. The van der Waals surface area contributed by atoms with Crippen LogP contribution in [0.25, 0.3) is 80.7 Å². The van der Waals surface area contributed by atoms with Gasteiger partial charge in [-0.15, -0.1) is 11.3 Å².